The summed E-state index contributed by atoms with van der Waals surface area (Å²) in [7, 11) is -1.69. The van der Waals surface area contributed by atoms with E-state index in [0.717, 1.165) is 18.4 Å². The summed E-state index contributed by atoms with van der Waals surface area (Å²) in [5.41, 5.74) is 6.33. The highest BCUT2D eigenvalue weighted by Gasteiger charge is 2.21. The predicted octanol–water partition coefficient (Wildman–Crippen LogP) is 1.63. The molecule has 0 aliphatic rings. The van der Waals surface area contributed by atoms with Crippen LogP contribution in [0.15, 0.2) is 15.7 Å². The maximum Gasteiger partial charge on any atom is 0.252 e. The highest BCUT2D eigenvalue weighted by Crippen LogP contribution is 2.23. The fraction of sp³-hybridized carbons (Fsp3) is 0.600. The van der Waals surface area contributed by atoms with Crippen LogP contribution < -0.4 is 5.73 Å². The Kier molecular flexibility index (Phi) is 4.91. The molecule has 0 aliphatic heterocycles. The van der Waals surface area contributed by atoms with E-state index in [4.69, 9.17) is 5.73 Å². The summed E-state index contributed by atoms with van der Waals surface area (Å²) in [6.07, 6.45) is 1.86. The zero-order chi connectivity index (χ0) is 12.2. The highest BCUT2D eigenvalue weighted by molar-refractivity contribution is 7.91. The van der Waals surface area contributed by atoms with Gasteiger partial charge in [-0.3, -0.25) is 0 Å². The third-order valence-corrected chi connectivity index (χ3v) is 5.68. The molecule has 0 radical (unpaired) electrons. The number of thiophene rings is 1. The van der Waals surface area contributed by atoms with Gasteiger partial charge in [0.15, 0.2) is 0 Å². The van der Waals surface area contributed by atoms with Crippen molar-refractivity contribution >= 4 is 21.4 Å². The summed E-state index contributed by atoms with van der Waals surface area (Å²) >= 11 is 1.23. The summed E-state index contributed by atoms with van der Waals surface area (Å²) in [5, 5.41) is 1.79. The minimum atomic E-state index is -3.30. The molecular formula is C10H18N2O2S2. The molecule has 0 saturated heterocycles. The topological polar surface area (TPSA) is 63.4 Å². The maximum absolute atomic E-state index is 12.1. The third-order valence-electron chi connectivity index (χ3n) is 2.36. The molecule has 1 heterocycles. The van der Waals surface area contributed by atoms with Crippen LogP contribution in [0, 0.1) is 0 Å². The molecule has 0 bridgehead atoms. The van der Waals surface area contributed by atoms with Crippen molar-refractivity contribution in [2.75, 3.05) is 13.6 Å². The molecule has 0 aliphatic carbocycles. The first-order valence-corrected chi connectivity index (χ1v) is 7.58. The lowest BCUT2D eigenvalue weighted by Gasteiger charge is -2.15. The van der Waals surface area contributed by atoms with Crippen molar-refractivity contribution in [2.45, 2.75) is 30.5 Å². The number of nitrogens with zero attached hydrogens (tertiary/aromatic N) is 1. The standard InChI is InChI=1S/C10H18N2O2S2/c1-3-4-5-12(2)16(13,14)10-6-9(7-11)8-15-10/h6,8H,3-5,7,11H2,1-2H3. The Bertz CT molecular complexity index is 426. The quantitative estimate of drug-likeness (QED) is 0.847. The van der Waals surface area contributed by atoms with E-state index in [2.05, 4.69) is 0 Å². The van der Waals surface area contributed by atoms with Crippen LogP contribution >= 0.6 is 11.3 Å². The van der Waals surface area contributed by atoms with Crippen molar-refractivity contribution in [3.63, 3.8) is 0 Å². The first-order valence-electron chi connectivity index (χ1n) is 5.26. The van der Waals surface area contributed by atoms with E-state index < -0.39 is 10.0 Å². The summed E-state index contributed by atoms with van der Waals surface area (Å²) in [4.78, 5) is 0. The average Bonchev–Trinajstić information content (AvgIpc) is 2.74. The molecule has 2 N–H and O–H groups in total. The molecule has 0 saturated carbocycles. The van der Waals surface area contributed by atoms with Crippen LogP contribution in [0.25, 0.3) is 0 Å². The lowest BCUT2D eigenvalue weighted by Crippen LogP contribution is -2.27. The number of unbranched alkanes of at least 4 members (excludes halogenated alkanes) is 1. The van der Waals surface area contributed by atoms with Crippen molar-refractivity contribution < 1.29 is 8.42 Å². The number of nitrogens with two attached hydrogens (primary N) is 1. The van der Waals surface area contributed by atoms with Gasteiger partial charge in [-0.15, -0.1) is 11.3 Å². The minimum Gasteiger partial charge on any atom is -0.326 e. The van der Waals surface area contributed by atoms with E-state index in [0.29, 0.717) is 17.3 Å². The van der Waals surface area contributed by atoms with Crippen LogP contribution in [0.3, 0.4) is 0 Å². The Morgan fingerprint density at radius 1 is 1.50 bits per heavy atom. The molecule has 0 atom stereocenters. The normalized spacial score (nSPS) is 12.2. The zero-order valence-electron chi connectivity index (χ0n) is 9.64. The molecule has 0 unspecified atom stereocenters. The average molecular weight is 262 g/mol. The van der Waals surface area contributed by atoms with Crippen molar-refractivity contribution in [1.29, 1.82) is 0 Å². The predicted molar refractivity (Wildman–Crippen MR) is 66.9 cm³/mol. The smallest absolute Gasteiger partial charge is 0.252 e. The van der Waals surface area contributed by atoms with Gasteiger partial charge in [-0.1, -0.05) is 13.3 Å². The fourth-order valence-electron chi connectivity index (χ4n) is 1.25. The summed E-state index contributed by atoms with van der Waals surface area (Å²) < 4.78 is 25.9. The fourth-order valence-corrected chi connectivity index (χ4v) is 3.89. The van der Waals surface area contributed by atoms with Gasteiger partial charge >= 0.3 is 0 Å². The molecule has 0 spiro atoms. The van der Waals surface area contributed by atoms with Crippen LogP contribution in [-0.4, -0.2) is 26.3 Å². The number of hydrogen-bond acceptors (Lipinski definition) is 4. The van der Waals surface area contributed by atoms with Crippen LogP contribution in [0.2, 0.25) is 0 Å². The van der Waals surface area contributed by atoms with E-state index in [9.17, 15) is 8.42 Å². The Hall–Kier alpha value is -0.430. The first-order chi connectivity index (χ1) is 7.52. The Balaban J connectivity index is 2.84. The van der Waals surface area contributed by atoms with E-state index in [1.54, 1.807) is 18.5 Å². The first kappa shape index (κ1) is 13.6. The number of rotatable bonds is 6. The minimum absolute atomic E-state index is 0.380. The van der Waals surface area contributed by atoms with E-state index in [-0.39, 0.29) is 0 Å². The van der Waals surface area contributed by atoms with Crippen molar-refractivity contribution in [3.05, 3.63) is 17.0 Å². The highest BCUT2D eigenvalue weighted by atomic mass is 32.2. The van der Waals surface area contributed by atoms with Gasteiger partial charge in [0, 0.05) is 20.1 Å². The van der Waals surface area contributed by atoms with Gasteiger partial charge in [-0.05, 0) is 23.4 Å². The van der Waals surface area contributed by atoms with Crippen LogP contribution in [0.5, 0.6) is 0 Å². The van der Waals surface area contributed by atoms with E-state index >= 15 is 0 Å². The van der Waals surface area contributed by atoms with Gasteiger partial charge in [0.1, 0.15) is 4.21 Å². The number of sulfonamides is 1. The zero-order valence-corrected chi connectivity index (χ0v) is 11.3. The van der Waals surface area contributed by atoms with E-state index in [1.807, 2.05) is 6.92 Å². The molecule has 0 fully saturated rings. The molecule has 1 aromatic rings. The Labute approximate surface area is 101 Å². The SMILES string of the molecule is CCCCN(C)S(=O)(=O)c1cc(CN)cs1. The summed E-state index contributed by atoms with van der Waals surface area (Å²) in [6.45, 7) is 2.98. The second-order valence-corrected chi connectivity index (χ2v) is 6.84. The maximum atomic E-state index is 12.1. The van der Waals surface area contributed by atoms with Gasteiger partial charge in [0.2, 0.25) is 0 Å². The van der Waals surface area contributed by atoms with Gasteiger partial charge in [-0.2, -0.15) is 0 Å². The monoisotopic (exact) mass is 262 g/mol. The van der Waals surface area contributed by atoms with Gasteiger partial charge < -0.3 is 5.73 Å². The van der Waals surface area contributed by atoms with Gasteiger partial charge in [-0.25, -0.2) is 12.7 Å². The Morgan fingerprint density at radius 3 is 2.69 bits per heavy atom. The largest absolute Gasteiger partial charge is 0.326 e. The summed E-state index contributed by atoms with van der Waals surface area (Å²) in [5.74, 6) is 0. The van der Waals surface area contributed by atoms with Crippen molar-refractivity contribution in [2.24, 2.45) is 5.73 Å². The number of hydrogen-bond donors (Lipinski definition) is 1. The van der Waals surface area contributed by atoms with Crippen molar-refractivity contribution in [3.8, 4) is 0 Å². The molecule has 1 rings (SSSR count). The Morgan fingerprint density at radius 2 is 2.19 bits per heavy atom. The molecule has 4 nitrogen and oxygen atoms in total. The molecule has 0 aromatic carbocycles. The van der Waals surface area contributed by atoms with Crippen LogP contribution in [-0.2, 0) is 16.6 Å². The molecule has 6 heteroatoms. The second-order valence-electron chi connectivity index (χ2n) is 3.66. The second kappa shape index (κ2) is 5.77. The molecule has 92 valence electrons. The lowest BCUT2D eigenvalue weighted by molar-refractivity contribution is 0.461. The van der Waals surface area contributed by atoms with Crippen LogP contribution in [0.1, 0.15) is 25.3 Å². The molecule has 1 aromatic heterocycles. The third kappa shape index (κ3) is 3.04. The summed E-state index contributed by atoms with van der Waals surface area (Å²) in [6, 6.07) is 1.66. The molecule has 0 amide bonds. The molecular weight excluding hydrogens is 244 g/mol. The molecule has 16 heavy (non-hydrogen) atoms. The van der Waals surface area contributed by atoms with E-state index in [1.165, 1.54) is 15.6 Å². The van der Waals surface area contributed by atoms with Gasteiger partial charge in [0.25, 0.3) is 10.0 Å². The van der Waals surface area contributed by atoms with Crippen molar-refractivity contribution in [1.82, 2.24) is 4.31 Å². The lowest BCUT2D eigenvalue weighted by atomic mass is 10.3. The van der Waals surface area contributed by atoms with Crippen LogP contribution in [0.4, 0.5) is 0 Å². The van der Waals surface area contributed by atoms with Gasteiger partial charge in [0.05, 0.1) is 0 Å².